The molecule has 0 aliphatic carbocycles. The molecule has 1 aromatic carbocycles. The first-order chi connectivity index (χ1) is 12.2. The van der Waals surface area contributed by atoms with Crippen molar-refractivity contribution in [3.8, 4) is 0 Å². The molecule has 3 heterocycles. The Balaban J connectivity index is 1.44. The molecule has 0 radical (unpaired) electrons. The molecule has 5 nitrogen and oxygen atoms in total. The predicted molar refractivity (Wildman–Crippen MR) is 91.2 cm³/mol. The normalized spacial score (nSPS) is 19.7. The quantitative estimate of drug-likeness (QED) is 0.930. The summed E-state index contributed by atoms with van der Waals surface area (Å²) in [6.07, 6.45) is 5.06. The van der Waals surface area contributed by atoms with Crippen molar-refractivity contribution in [2.24, 2.45) is 0 Å². The number of amides is 1. The minimum absolute atomic E-state index is 0.0118. The number of rotatable bonds is 3. The summed E-state index contributed by atoms with van der Waals surface area (Å²) < 4.78 is 13.3. The second-order valence-corrected chi connectivity index (χ2v) is 6.72. The minimum atomic E-state index is -0.309. The van der Waals surface area contributed by atoms with Gasteiger partial charge in [-0.05, 0) is 37.1 Å². The van der Waals surface area contributed by atoms with Crippen LogP contribution in [0.4, 0.5) is 4.39 Å². The number of carbonyl (C=O) groups is 1. The Morgan fingerprint density at radius 1 is 1.40 bits per heavy atom. The average molecular weight is 340 g/mol. The Hall–Kier alpha value is -2.34. The lowest BCUT2D eigenvalue weighted by Gasteiger charge is -2.28. The van der Waals surface area contributed by atoms with E-state index in [4.69, 9.17) is 4.98 Å². The first-order valence-corrected chi connectivity index (χ1v) is 8.79. The van der Waals surface area contributed by atoms with Crippen LogP contribution in [0.25, 0.3) is 0 Å². The van der Waals surface area contributed by atoms with Crippen molar-refractivity contribution < 1.29 is 9.18 Å². The van der Waals surface area contributed by atoms with Gasteiger partial charge in [-0.25, -0.2) is 14.4 Å². The molecule has 1 fully saturated rings. The van der Waals surface area contributed by atoms with E-state index in [2.05, 4.69) is 10.3 Å². The van der Waals surface area contributed by atoms with Crippen molar-refractivity contribution in [3.05, 3.63) is 58.9 Å². The van der Waals surface area contributed by atoms with Crippen LogP contribution in [-0.4, -0.2) is 33.9 Å². The fourth-order valence-corrected chi connectivity index (χ4v) is 3.55. The van der Waals surface area contributed by atoms with Crippen LogP contribution >= 0.6 is 0 Å². The van der Waals surface area contributed by atoms with Crippen LogP contribution in [0.5, 0.6) is 0 Å². The van der Waals surface area contributed by atoms with Gasteiger partial charge in [0.2, 0.25) is 5.91 Å². The molecule has 0 spiro atoms. The van der Waals surface area contributed by atoms with Gasteiger partial charge in [0.1, 0.15) is 11.6 Å². The van der Waals surface area contributed by atoms with Crippen LogP contribution < -0.4 is 5.32 Å². The highest BCUT2D eigenvalue weighted by molar-refractivity contribution is 5.79. The number of nitrogens with one attached hydrogen (secondary N) is 1. The second-order valence-electron chi connectivity index (χ2n) is 6.72. The third-order valence-corrected chi connectivity index (χ3v) is 4.92. The lowest BCUT2D eigenvalue weighted by Crippen LogP contribution is -2.37. The molecule has 2 aliphatic heterocycles. The van der Waals surface area contributed by atoms with E-state index >= 15 is 0 Å². The number of fused-ring (bicyclic) bond motifs is 1. The van der Waals surface area contributed by atoms with Crippen molar-refractivity contribution in [3.63, 3.8) is 0 Å². The topological polar surface area (TPSA) is 58.1 Å². The summed E-state index contributed by atoms with van der Waals surface area (Å²) in [5, 5.41) is 3.42. The van der Waals surface area contributed by atoms with Gasteiger partial charge < -0.3 is 10.2 Å². The molecule has 1 aromatic heterocycles. The predicted octanol–water partition coefficient (Wildman–Crippen LogP) is 2.17. The number of nitrogens with zero attached hydrogens (tertiary/aromatic N) is 3. The van der Waals surface area contributed by atoms with E-state index in [0.717, 1.165) is 42.9 Å². The molecule has 130 valence electrons. The van der Waals surface area contributed by atoms with Crippen molar-refractivity contribution in [1.82, 2.24) is 20.2 Å². The highest BCUT2D eigenvalue weighted by Gasteiger charge is 2.25. The Labute approximate surface area is 146 Å². The number of carbonyl (C=O) groups excluding carboxylic acids is 1. The zero-order chi connectivity index (χ0) is 17.2. The Morgan fingerprint density at radius 2 is 2.32 bits per heavy atom. The summed E-state index contributed by atoms with van der Waals surface area (Å²) in [5.74, 6) is 0.573. The van der Waals surface area contributed by atoms with Crippen molar-refractivity contribution in [2.75, 3.05) is 13.1 Å². The van der Waals surface area contributed by atoms with Gasteiger partial charge in [-0.15, -0.1) is 0 Å². The van der Waals surface area contributed by atoms with E-state index in [1.807, 2.05) is 11.1 Å². The molecule has 0 bridgehead atoms. The van der Waals surface area contributed by atoms with Gasteiger partial charge in [-0.2, -0.15) is 0 Å². The third kappa shape index (κ3) is 3.54. The molecule has 1 amide bonds. The van der Waals surface area contributed by atoms with Gasteiger partial charge in [-0.1, -0.05) is 12.1 Å². The van der Waals surface area contributed by atoms with Crippen LogP contribution in [0.3, 0.4) is 0 Å². The molecule has 2 aromatic rings. The van der Waals surface area contributed by atoms with E-state index in [0.29, 0.717) is 18.7 Å². The summed E-state index contributed by atoms with van der Waals surface area (Å²) in [5.41, 5.74) is 2.77. The lowest BCUT2D eigenvalue weighted by atomic mass is 10.0. The Kier molecular flexibility index (Phi) is 4.44. The standard InChI is InChI=1S/C19H21FN4O/c20-15-4-1-3-13(9-15)10-18(25)24-8-6-16-14(12-24)11-22-19(23-16)17-5-2-7-21-17/h1,3-4,9,11,17,21H,2,5-8,10,12H2/t17-/m1/s1. The van der Waals surface area contributed by atoms with Gasteiger partial charge in [0, 0.05) is 31.3 Å². The van der Waals surface area contributed by atoms with Gasteiger partial charge in [0.25, 0.3) is 0 Å². The highest BCUT2D eigenvalue weighted by Crippen LogP contribution is 2.23. The van der Waals surface area contributed by atoms with Gasteiger partial charge in [-0.3, -0.25) is 4.79 Å². The molecule has 1 atom stereocenters. The zero-order valence-electron chi connectivity index (χ0n) is 14.0. The third-order valence-electron chi connectivity index (χ3n) is 4.92. The maximum absolute atomic E-state index is 13.3. The van der Waals surface area contributed by atoms with Crippen molar-refractivity contribution in [2.45, 2.75) is 38.3 Å². The minimum Gasteiger partial charge on any atom is -0.338 e. The summed E-state index contributed by atoms with van der Waals surface area (Å²) in [7, 11) is 0. The fourth-order valence-electron chi connectivity index (χ4n) is 3.55. The Morgan fingerprint density at radius 3 is 3.12 bits per heavy atom. The van der Waals surface area contributed by atoms with Gasteiger partial charge >= 0.3 is 0 Å². The number of hydrogen-bond donors (Lipinski definition) is 1. The highest BCUT2D eigenvalue weighted by atomic mass is 19.1. The van der Waals surface area contributed by atoms with Crippen LogP contribution in [0.2, 0.25) is 0 Å². The molecule has 2 aliphatic rings. The molecule has 1 saturated heterocycles. The Bertz CT molecular complexity index is 789. The zero-order valence-corrected chi connectivity index (χ0v) is 14.0. The first kappa shape index (κ1) is 16.1. The summed E-state index contributed by atoms with van der Waals surface area (Å²) >= 11 is 0. The van der Waals surface area contributed by atoms with Crippen molar-refractivity contribution >= 4 is 5.91 Å². The summed E-state index contributed by atoms with van der Waals surface area (Å²) in [4.78, 5) is 23.6. The molecule has 6 heteroatoms. The molecule has 1 N–H and O–H groups in total. The lowest BCUT2D eigenvalue weighted by molar-refractivity contribution is -0.131. The molecule has 25 heavy (non-hydrogen) atoms. The molecule has 4 rings (SSSR count). The number of benzene rings is 1. The van der Waals surface area contributed by atoms with Gasteiger partial charge in [0.05, 0.1) is 18.2 Å². The maximum Gasteiger partial charge on any atom is 0.227 e. The smallest absolute Gasteiger partial charge is 0.227 e. The van der Waals surface area contributed by atoms with E-state index in [1.165, 1.54) is 12.1 Å². The molecule has 0 saturated carbocycles. The maximum atomic E-state index is 13.3. The first-order valence-electron chi connectivity index (χ1n) is 8.79. The van der Waals surface area contributed by atoms with Crippen LogP contribution in [-0.2, 0) is 24.2 Å². The molecular weight excluding hydrogens is 319 g/mol. The number of halogens is 1. The van der Waals surface area contributed by atoms with Crippen LogP contribution in [0.15, 0.2) is 30.5 Å². The van der Waals surface area contributed by atoms with Crippen molar-refractivity contribution in [1.29, 1.82) is 0 Å². The SMILES string of the molecule is O=C(Cc1cccc(F)c1)N1CCc2nc([C@H]3CCCN3)ncc2C1. The van der Waals surface area contributed by atoms with E-state index in [-0.39, 0.29) is 24.2 Å². The van der Waals surface area contributed by atoms with Gasteiger partial charge in [0.15, 0.2) is 0 Å². The number of aromatic nitrogens is 2. The van der Waals surface area contributed by atoms with E-state index in [9.17, 15) is 9.18 Å². The molecule has 0 unspecified atom stereocenters. The van der Waals surface area contributed by atoms with E-state index < -0.39 is 0 Å². The largest absolute Gasteiger partial charge is 0.338 e. The van der Waals surface area contributed by atoms with E-state index in [1.54, 1.807) is 12.1 Å². The van der Waals surface area contributed by atoms with Crippen LogP contribution in [0, 0.1) is 5.82 Å². The fraction of sp³-hybridized carbons (Fsp3) is 0.421. The number of hydrogen-bond acceptors (Lipinski definition) is 4. The molecular formula is C19H21FN4O. The monoisotopic (exact) mass is 340 g/mol. The van der Waals surface area contributed by atoms with Crippen LogP contribution in [0.1, 0.15) is 41.5 Å². The summed E-state index contributed by atoms with van der Waals surface area (Å²) in [6.45, 7) is 2.20. The second kappa shape index (κ2) is 6.88. The summed E-state index contributed by atoms with van der Waals surface area (Å²) in [6, 6.07) is 6.48. The average Bonchev–Trinajstić information content (AvgIpc) is 3.15.